The second-order valence-corrected chi connectivity index (χ2v) is 7.38. The number of anilines is 1. The molecule has 0 aliphatic carbocycles. The lowest BCUT2D eigenvalue weighted by Crippen LogP contribution is -2.35. The molecule has 2 aliphatic rings. The number of nitrogens with zero attached hydrogens (tertiary/aromatic N) is 3. The molecular formula is C18H24Cl2N4S. The van der Waals surface area contributed by atoms with Crippen LogP contribution < -0.4 is 10.6 Å². The fourth-order valence-electron chi connectivity index (χ4n) is 3.65. The number of nitrogens with two attached hydrogens (primary N) is 1. The highest BCUT2D eigenvalue weighted by atomic mass is 35.5. The van der Waals surface area contributed by atoms with Crippen LogP contribution in [-0.2, 0) is 6.42 Å². The zero-order valence-electron chi connectivity index (χ0n) is 14.2. The van der Waals surface area contributed by atoms with Gasteiger partial charge in [-0.05, 0) is 61.6 Å². The maximum atomic E-state index is 6.10. The molecule has 0 radical (unpaired) electrons. The van der Waals surface area contributed by atoms with Gasteiger partial charge in [0.05, 0.1) is 10.6 Å². The standard InChI is InChI=1S/C18H22N4S.2ClH/c1-21-8-7-15(12-21)22-9-6-13-11-14(4-5-16(13)22)20-18(19)17-3-2-10-23-17;;/h2-5,10-11,15H,6-9,12H2,1H3,(H2,19,20);2*1H. The molecule has 7 heteroatoms. The number of fused-ring (bicyclic) bond motifs is 1. The lowest BCUT2D eigenvalue weighted by molar-refractivity contribution is 0.408. The third kappa shape index (κ3) is 4.11. The van der Waals surface area contributed by atoms with Crippen LogP contribution in [0.3, 0.4) is 0 Å². The van der Waals surface area contributed by atoms with E-state index in [9.17, 15) is 0 Å². The first-order valence-corrected chi connectivity index (χ1v) is 9.05. The van der Waals surface area contributed by atoms with Gasteiger partial charge in [-0.2, -0.15) is 0 Å². The summed E-state index contributed by atoms with van der Waals surface area (Å²) in [5.74, 6) is 0.604. The number of likely N-dealkylation sites (N-methyl/N-ethyl adjacent to an activating group) is 1. The number of halogens is 2. The second-order valence-electron chi connectivity index (χ2n) is 6.44. The van der Waals surface area contributed by atoms with Crippen LogP contribution in [0.4, 0.5) is 11.4 Å². The molecule has 4 nitrogen and oxygen atoms in total. The summed E-state index contributed by atoms with van der Waals surface area (Å²) in [4.78, 5) is 10.6. The number of rotatable bonds is 3. The molecule has 1 saturated heterocycles. The first kappa shape index (κ1) is 20.0. The van der Waals surface area contributed by atoms with E-state index in [0.29, 0.717) is 11.9 Å². The van der Waals surface area contributed by atoms with Crippen LogP contribution in [0, 0.1) is 0 Å². The Morgan fingerprint density at radius 2 is 2.08 bits per heavy atom. The Morgan fingerprint density at radius 1 is 1.24 bits per heavy atom. The lowest BCUT2D eigenvalue weighted by Gasteiger charge is -2.26. The molecule has 1 aromatic heterocycles. The topological polar surface area (TPSA) is 44.9 Å². The van der Waals surface area contributed by atoms with Crippen LogP contribution in [0.5, 0.6) is 0 Å². The lowest BCUT2D eigenvalue weighted by atomic mass is 10.1. The molecule has 2 aromatic rings. The quantitative estimate of drug-likeness (QED) is 0.633. The van der Waals surface area contributed by atoms with Gasteiger partial charge < -0.3 is 15.5 Å². The van der Waals surface area contributed by atoms with E-state index >= 15 is 0 Å². The van der Waals surface area contributed by atoms with Crippen LogP contribution in [0.2, 0.25) is 0 Å². The number of thiophene rings is 1. The molecule has 2 aliphatic heterocycles. The zero-order chi connectivity index (χ0) is 15.8. The average molecular weight is 399 g/mol. The molecule has 0 bridgehead atoms. The fraction of sp³-hybridized carbons (Fsp3) is 0.389. The SMILES string of the molecule is CN1CCC(N2CCc3cc(N=C(N)c4cccs4)ccc32)C1.Cl.Cl. The molecule has 1 atom stereocenters. The van der Waals surface area contributed by atoms with E-state index in [0.717, 1.165) is 23.5 Å². The van der Waals surface area contributed by atoms with Gasteiger partial charge in [0, 0.05) is 24.8 Å². The van der Waals surface area contributed by atoms with Gasteiger partial charge in [0.2, 0.25) is 0 Å². The van der Waals surface area contributed by atoms with Crippen molar-refractivity contribution >= 4 is 53.4 Å². The third-order valence-electron chi connectivity index (χ3n) is 4.82. The van der Waals surface area contributed by atoms with Gasteiger partial charge in [-0.15, -0.1) is 36.2 Å². The minimum absolute atomic E-state index is 0. The molecule has 136 valence electrons. The van der Waals surface area contributed by atoms with E-state index < -0.39 is 0 Å². The Morgan fingerprint density at radius 3 is 2.76 bits per heavy atom. The normalized spacial score (nSPS) is 20.1. The number of aliphatic imine (C=N–C) groups is 1. The highest BCUT2D eigenvalue weighted by Crippen LogP contribution is 2.34. The molecule has 3 heterocycles. The van der Waals surface area contributed by atoms with Crippen molar-refractivity contribution in [3.63, 3.8) is 0 Å². The van der Waals surface area contributed by atoms with Crippen molar-refractivity contribution in [3.05, 3.63) is 46.2 Å². The number of hydrogen-bond donors (Lipinski definition) is 1. The van der Waals surface area contributed by atoms with Crippen molar-refractivity contribution in [3.8, 4) is 0 Å². The number of hydrogen-bond acceptors (Lipinski definition) is 4. The van der Waals surface area contributed by atoms with Crippen molar-refractivity contribution in [1.29, 1.82) is 0 Å². The predicted molar refractivity (Wildman–Crippen MR) is 113 cm³/mol. The van der Waals surface area contributed by atoms with E-state index in [1.165, 1.54) is 30.8 Å². The van der Waals surface area contributed by atoms with E-state index in [-0.39, 0.29) is 24.8 Å². The summed E-state index contributed by atoms with van der Waals surface area (Å²) in [7, 11) is 2.21. The van der Waals surface area contributed by atoms with Crippen LogP contribution >= 0.6 is 36.2 Å². The summed E-state index contributed by atoms with van der Waals surface area (Å²) < 4.78 is 0. The first-order chi connectivity index (χ1) is 11.2. The summed E-state index contributed by atoms with van der Waals surface area (Å²) in [5.41, 5.74) is 9.85. The van der Waals surface area contributed by atoms with E-state index in [4.69, 9.17) is 5.73 Å². The van der Waals surface area contributed by atoms with Crippen molar-refractivity contribution in [1.82, 2.24) is 4.90 Å². The highest BCUT2D eigenvalue weighted by Gasteiger charge is 2.30. The Balaban J connectivity index is 0.00000113. The maximum Gasteiger partial charge on any atom is 0.141 e. The number of amidine groups is 1. The third-order valence-corrected chi connectivity index (χ3v) is 5.72. The molecular weight excluding hydrogens is 375 g/mol. The summed E-state index contributed by atoms with van der Waals surface area (Å²) in [6, 6.07) is 11.2. The van der Waals surface area contributed by atoms with Crippen LogP contribution in [0.25, 0.3) is 0 Å². The van der Waals surface area contributed by atoms with Crippen LogP contribution in [0.1, 0.15) is 16.9 Å². The minimum atomic E-state index is 0. The number of likely N-dealkylation sites (tertiary alicyclic amines) is 1. The van der Waals surface area contributed by atoms with Gasteiger partial charge in [-0.25, -0.2) is 4.99 Å². The Kier molecular flexibility index (Phi) is 6.74. The fourth-order valence-corrected chi connectivity index (χ4v) is 4.27. The van der Waals surface area contributed by atoms with E-state index in [1.54, 1.807) is 11.3 Å². The molecule has 0 saturated carbocycles. The van der Waals surface area contributed by atoms with Crippen molar-refractivity contribution < 1.29 is 0 Å². The number of benzene rings is 1. The Bertz CT molecular complexity index is 733. The van der Waals surface area contributed by atoms with Crippen molar-refractivity contribution in [2.45, 2.75) is 18.9 Å². The van der Waals surface area contributed by atoms with Gasteiger partial charge in [-0.3, -0.25) is 0 Å². The molecule has 1 aromatic carbocycles. The van der Waals surface area contributed by atoms with Gasteiger partial charge in [0.1, 0.15) is 5.84 Å². The van der Waals surface area contributed by atoms with Crippen molar-refractivity contribution in [2.24, 2.45) is 10.7 Å². The first-order valence-electron chi connectivity index (χ1n) is 8.17. The zero-order valence-corrected chi connectivity index (χ0v) is 16.7. The summed E-state index contributed by atoms with van der Waals surface area (Å²) in [6.45, 7) is 3.50. The van der Waals surface area contributed by atoms with Crippen LogP contribution in [0.15, 0.2) is 40.7 Å². The molecule has 25 heavy (non-hydrogen) atoms. The Hall–Kier alpha value is -1.27. The minimum Gasteiger partial charge on any atom is -0.383 e. The van der Waals surface area contributed by atoms with Crippen molar-refractivity contribution in [2.75, 3.05) is 31.6 Å². The van der Waals surface area contributed by atoms with E-state index in [2.05, 4.69) is 40.0 Å². The van der Waals surface area contributed by atoms with Gasteiger partial charge in [-0.1, -0.05) is 6.07 Å². The monoisotopic (exact) mass is 398 g/mol. The molecule has 4 rings (SSSR count). The summed E-state index contributed by atoms with van der Waals surface area (Å²) in [6.07, 6.45) is 2.37. The molecule has 1 unspecified atom stereocenters. The predicted octanol–water partition coefficient (Wildman–Crippen LogP) is 3.70. The Labute approximate surface area is 165 Å². The smallest absolute Gasteiger partial charge is 0.141 e. The molecule has 0 spiro atoms. The maximum absolute atomic E-state index is 6.10. The second kappa shape index (κ2) is 8.41. The summed E-state index contributed by atoms with van der Waals surface area (Å²) in [5, 5.41) is 2.02. The van der Waals surface area contributed by atoms with Gasteiger partial charge >= 0.3 is 0 Å². The molecule has 2 N–H and O–H groups in total. The largest absolute Gasteiger partial charge is 0.383 e. The molecule has 1 fully saturated rings. The average Bonchev–Trinajstić information content (AvgIpc) is 3.26. The van der Waals surface area contributed by atoms with Gasteiger partial charge in [0.25, 0.3) is 0 Å². The van der Waals surface area contributed by atoms with Crippen LogP contribution in [-0.4, -0.2) is 43.5 Å². The van der Waals surface area contributed by atoms with Gasteiger partial charge in [0.15, 0.2) is 0 Å². The highest BCUT2D eigenvalue weighted by molar-refractivity contribution is 7.12. The molecule has 0 amide bonds. The van der Waals surface area contributed by atoms with E-state index in [1.807, 2.05) is 17.5 Å². The summed E-state index contributed by atoms with van der Waals surface area (Å²) >= 11 is 1.62.